The fourth-order valence-electron chi connectivity index (χ4n) is 3.19. The van der Waals surface area contributed by atoms with Gasteiger partial charge in [-0.2, -0.15) is 5.10 Å². The summed E-state index contributed by atoms with van der Waals surface area (Å²) in [6, 6.07) is 2.11. The Labute approximate surface area is 128 Å². The Hall–Kier alpha value is -0.880. The highest BCUT2D eigenvalue weighted by molar-refractivity contribution is 7.91. The van der Waals surface area contributed by atoms with E-state index in [1.165, 1.54) is 5.69 Å². The van der Waals surface area contributed by atoms with Gasteiger partial charge < -0.3 is 5.32 Å². The van der Waals surface area contributed by atoms with E-state index in [1.807, 2.05) is 18.7 Å². The molecule has 2 atom stereocenters. The summed E-state index contributed by atoms with van der Waals surface area (Å²) in [5.74, 6) is 1.34. The van der Waals surface area contributed by atoms with Gasteiger partial charge in [0.2, 0.25) is 0 Å². The monoisotopic (exact) mass is 313 g/mol. The first-order chi connectivity index (χ1) is 9.91. The molecule has 1 N–H and O–H groups in total. The van der Waals surface area contributed by atoms with Gasteiger partial charge >= 0.3 is 0 Å². The van der Waals surface area contributed by atoms with Gasteiger partial charge in [-0.15, -0.1) is 0 Å². The third-order valence-corrected chi connectivity index (χ3v) is 6.13. The highest BCUT2D eigenvalue weighted by Crippen LogP contribution is 2.28. The Bertz CT molecular complexity index is 565. The van der Waals surface area contributed by atoms with Crippen molar-refractivity contribution < 1.29 is 8.42 Å². The van der Waals surface area contributed by atoms with E-state index in [1.54, 1.807) is 0 Å². The van der Waals surface area contributed by atoms with Crippen LogP contribution in [0.2, 0.25) is 0 Å². The number of sulfone groups is 1. The third-order valence-electron chi connectivity index (χ3n) is 4.34. The second kappa shape index (κ2) is 6.92. The lowest BCUT2D eigenvalue weighted by Crippen LogP contribution is -2.31. The van der Waals surface area contributed by atoms with Crippen LogP contribution in [-0.4, -0.2) is 42.8 Å². The fourth-order valence-corrected chi connectivity index (χ4v) is 5.11. The van der Waals surface area contributed by atoms with E-state index < -0.39 is 9.84 Å². The molecule has 0 radical (unpaired) electrons. The lowest BCUT2D eigenvalue weighted by molar-refractivity contribution is 0.337. The predicted octanol–water partition coefficient (Wildman–Crippen LogP) is 1.32. The lowest BCUT2D eigenvalue weighted by atomic mass is 9.87. The van der Waals surface area contributed by atoms with E-state index in [2.05, 4.69) is 23.4 Å². The number of aromatic nitrogens is 2. The maximum absolute atomic E-state index is 11.8. The van der Waals surface area contributed by atoms with Crippen molar-refractivity contribution in [3.05, 3.63) is 17.5 Å². The largest absolute Gasteiger partial charge is 0.316 e. The van der Waals surface area contributed by atoms with Crippen LogP contribution in [0.3, 0.4) is 0 Å². The van der Waals surface area contributed by atoms with Crippen LogP contribution >= 0.6 is 0 Å². The van der Waals surface area contributed by atoms with E-state index in [0.29, 0.717) is 17.4 Å². The zero-order valence-electron chi connectivity index (χ0n) is 13.3. The van der Waals surface area contributed by atoms with Gasteiger partial charge in [-0.05, 0) is 57.2 Å². The van der Waals surface area contributed by atoms with Crippen LogP contribution in [0, 0.1) is 18.8 Å². The van der Waals surface area contributed by atoms with Crippen LogP contribution in [-0.2, 0) is 23.3 Å². The minimum atomic E-state index is -2.82. The second-order valence-electron chi connectivity index (χ2n) is 6.23. The number of hydrogen-bond donors (Lipinski definition) is 1. The van der Waals surface area contributed by atoms with Gasteiger partial charge in [0.15, 0.2) is 9.84 Å². The average molecular weight is 313 g/mol. The highest BCUT2D eigenvalue weighted by Gasteiger charge is 2.33. The molecule has 1 aromatic rings. The van der Waals surface area contributed by atoms with Crippen LogP contribution < -0.4 is 5.32 Å². The van der Waals surface area contributed by atoms with E-state index in [9.17, 15) is 8.42 Å². The molecule has 0 aliphatic carbocycles. The smallest absolute Gasteiger partial charge is 0.150 e. The number of hydrogen-bond acceptors (Lipinski definition) is 4. The summed E-state index contributed by atoms with van der Waals surface area (Å²) in [7, 11) is -0.856. The third kappa shape index (κ3) is 4.54. The summed E-state index contributed by atoms with van der Waals surface area (Å²) in [5, 5.41) is 7.86. The number of aryl methyl sites for hydroxylation is 2. The Morgan fingerprint density at radius 2 is 2.29 bits per heavy atom. The van der Waals surface area contributed by atoms with Gasteiger partial charge in [-0.3, -0.25) is 4.68 Å². The van der Waals surface area contributed by atoms with Crippen molar-refractivity contribution in [2.24, 2.45) is 18.9 Å². The van der Waals surface area contributed by atoms with Crippen molar-refractivity contribution in [3.8, 4) is 0 Å². The first-order valence-electron chi connectivity index (χ1n) is 7.82. The van der Waals surface area contributed by atoms with Crippen molar-refractivity contribution in [3.63, 3.8) is 0 Å². The van der Waals surface area contributed by atoms with E-state index in [4.69, 9.17) is 0 Å². The molecule has 0 aromatic carbocycles. The highest BCUT2D eigenvalue weighted by atomic mass is 32.2. The van der Waals surface area contributed by atoms with Crippen LogP contribution in [0.15, 0.2) is 6.07 Å². The van der Waals surface area contributed by atoms with Gasteiger partial charge in [-0.25, -0.2) is 8.42 Å². The zero-order chi connectivity index (χ0) is 15.5. The second-order valence-corrected chi connectivity index (χ2v) is 8.46. The summed E-state index contributed by atoms with van der Waals surface area (Å²) in [6.07, 6.45) is 2.80. The van der Waals surface area contributed by atoms with Crippen molar-refractivity contribution in [1.82, 2.24) is 15.1 Å². The molecule has 2 rings (SSSR count). The van der Waals surface area contributed by atoms with Crippen molar-refractivity contribution in [2.45, 2.75) is 33.1 Å². The number of rotatable bonds is 7. The van der Waals surface area contributed by atoms with Gasteiger partial charge in [0.25, 0.3) is 0 Å². The van der Waals surface area contributed by atoms with Crippen molar-refractivity contribution in [2.75, 3.05) is 24.6 Å². The Morgan fingerprint density at radius 3 is 2.81 bits per heavy atom. The minimum absolute atomic E-state index is 0.273. The Morgan fingerprint density at radius 1 is 1.52 bits per heavy atom. The molecule has 1 fully saturated rings. The molecule has 0 bridgehead atoms. The van der Waals surface area contributed by atoms with Gasteiger partial charge in [0, 0.05) is 12.7 Å². The molecular formula is C15H27N3O2S. The average Bonchev–Trinajstić information content (AvgIpc) is 2.91. The maximum Gasteiger partial charge on any atom is 0.150 e. The van der Waals surface area contributed by atoms with Crippen LogP contribution in [0.1, 0.15) is 31.2 Å². The van der Waals surface area contributed by atoms with Gasteiger partial charge in [-0.1, -0.05) is 6.92 Å². The molecular weight excluding hydrogens is 286 g/mol. The van der Waals surface area contributed by atoms with E-state index in [0.717, 1.165) is 38.0 Å². The van der Waals surface area contributed by atoms with Crippen LogP contribution in [0.4, 0.5) is 0 Å². The minimum Gasteiger partial charge on any atom is -0.316 e. The molecule has 1 aliphatic heterocycles. The zero-order valence-corrected chi connectivity index (χ0v) is 14.1. The first-order valence-corrected chi connectivity index (χ1v) is 9.64. The maximum atomic E-state index is 11.8. The molecule has 2 heterocycles. The van der Waals surface area contributed by atoms with E-state index in [-0.39, 0.29) is 5.92 Å². The molecule has 0 amide bonds. The standard InChI is InChI=1S/C15H27N3O2S/c1-4-6-16-10-14(13-5-7-21(19,20)11-13)9-15-8-12(2)17-18(15)3/h8,13-14,16H,4-7,9-11H2,1-3H3. The quantitative estimate of drug-likeness (QED) is 0.771. The van der Waals surface area contributed by atoms with Gasteiger partial charge in [0.1, 0.15) is 0 Å². The molecule has 120 valence electrons. The molecule has 1 aliphatic rings. The topological polar surface area (TPSA) is 64.0 Å². The lowest BCUT2D eigenvalue weighted by Gasteiger charge is -2.23. The number of nitrogens with zero attached hydrogens (tertiary/aromatic N) is 2. The molecule has 2 unspecified atom stereocenters. The summed E-state index contributed by atoms with van der Waals surface area (Å²) in [6.45, 7) is 6.01. The van der Waals surface area contributed by atoms with Crippen LogP contribution in [0.5, 0.6) is 0 Å². The van der Waals surface area contributed by atoms with Crippen molar-refractivity contribution in [1.29, 1.82) is 0 Å². The summed E-state index contributed by atoms with van der Waals surface area (Å²) in [4.78, 5) is 0. The van der Waals surface area contributed by atoms with Crippen molar-refractivity contribution >= 4 is 9.84 Å². The van der Waals surface area contributed by atoms with Gasteiger partial charge in [0.05, 0.1) is 17.2 Å². The summed E-state index contributed by atoms with van der Waals surface area (Å²) < 4.78 is 25.4. The SMILES string of the molecule is CCCNCC(Cc1cc(C)nn1C)C1CCS(=O)(=O)C1. The van der Waals surface area contributed by atoms with E-state index >= 15 is 0 Å². The molecule has 1 aromatic heterocycles. The Balaban J connectivity index is 2.06. The normalized spacial score (nSPS) is 22.5. The van der Waals surface area contributed by atoms with Crippen LogP contribution in [0.25, 0.3) is 0 Å². The molecule has 1 saturated heterocycles. The molecule has 5 nitrogen and oxygen atoms in total. The Kier molecular flexibility index (Phi) is 5.43. The molecule has 0 saturated carbocycles. The summed E-state index contributed by atoms with van der Waals surface area (Å²) >= 11 is 0. The number of nitrogens with one attached hydrogen (secondary N) is 1. The molecule has 0 spiro atoms. The molecule has 21 heavy (non-hydrogen) atoms. The predicted molar refractivity (Wildman–Crippen MR) is 85.1 cm³/mol. The first kappa shape index (κ1) is 16.5. The molecule has 6 heteroatoms. The summed E-state index contributed by atoms with van der Waals surface area (Å²) in [5.41, 5.74) is 2.21. The fraction of sp³-hybridized carbons (Fsp3) is 0.800.